The lowest BCUT2D eigenvalue weighted by atomic mass is 10.0. The van der Waals surface area contributed by atoms with Crippen LogP contribution in [-0.2, 0) is 11.2 Å². The Morgan fingerprint density at radius 1 is 1.19 bits per heavy atom. The van der Waals surface area contributed by atoms with Gasteiger partial charge in [0.2, 0.25) is 5.91 Å². The van der Waals surface area contributed by atoms with Crippen LogP contribution >= 0.6 is 0 Å². The van der Waals surface area contributed by atoms with Crippen LogP contribution in [0.4, 0.5) is 0 Å². The van der Waals surface area contributed by atoms with Gasteiger partial charge in [-0.25, -0.2) is 4.79 Å². The molecule has 0 saturated carbocycles. The Morgan fingerprint density at radius 2 is 1.96 bits per heavy atom. The smallest absolute Gasteiger partial charge is 0.345 e. The Labute approximate surface area is 151 Å². The van der Waals surface area contributed by atoms with E-state index >= 15 is 0 Å². The van der Waals surface area contributed by atoms with E-state index in [0.717, 1.165) is 16.8 Å². The molecule has 0 spiro atoms. The highest BCUT2D eigenvalue weighted by molar-refractivity contribution is 5.77. The molecule has 2 heterocycles. The molecular weight excluding hydrogens is 330 g/mol. The summed E-state index contributed by atoms with van der Waals surface area (Å²) in [6.45, 7) is 3.60. The Balaban J connectivity index is 1.72. The molecule has 1 amide bonds. The van der Waals surface area contributed by atoms with Crippen molar-refractivity contribution < 1.29 is 9.21 Å². The largest absolute Gasteiger partial charge is 0.467 e. The predicted octanol–water partition coefficient (Wildman–Crippen LogP) is 2.82. The number of nitrogens with zero attached hydrogens (tertiary/aromatic N) is 1. The minimum absolute atomic E-state index is 0.0970. The number of hydrogen-bond donors (Lipinski definition) is 2. The van der Waals surface area contributed by atoms with E-state index < -0.39 is 0 Å². The summed E-state index contributed by atoms with van der Waals surface area (Å²) in [6.07, 6.45) is 2.39. The van der Waals surface area contributed by atoms with Crippen LogP contribution in [0.3, 0.4) is 0 Å². The van der Waals surface area contributed by atoms with E-state index in [4.69, 9.17) is 4.42 Å². The van der Waals surface area contributed by atoms with Crippen molar-refractivity contribution in [1.82, 2.24) is 15.3 Å². The Morgan fingerprint density at radius 3 is 2.62 bits per heavy atom. The second-order valence-electron chi connectivity index (χ2n) is 6.16. The third kappa shape index (κ3) is 4.08. The van der Waals surface area contributed by atoms with Crippen LogP contribution in [0.5, 0.6) is 0 Å². The van der Waals surface area contributed by atoms with Gasteiger partial charge in [0.25, 0.3) is 0 Å². The number of aromatic amines is 1. The summed E-state index contributed by atoms with van der Waals surface area (Å²) in [6, 6.07) is 13.0. The van der Waals surface area contributed by atoms with Gasteiger partial charge in [0, 0.05) is 17.8 Å². The van der Waals surface area contributed by atoms with Crippen molar-refractivity contribution in [2.24, 2.45) is 0 Å². The summed E-state index contributed by atoms with van der Waals surface area (Å²) in [7, 11) is 0. The van der Waals surface area contributed by atoms with Crippen molar-refractivity contribution in [2.45, 2.75) is 32.7 Å². The van der Waals surface area contributed by atoms with E-state index in [-0.39, 0.29) is 17.6 Å². The molecule has 0 bridgehead atoms. The highest BCUT2D eigenvalue weighted by Crippen LogP contribution is 2.22. The number of benzene rings is 1. The van der Waals surface area contributed by atoms with Gasteiger partial charge in [0.15, 0.2) is 0 Å². The van der Waals surface area contributed by atoms with Crippen LogP contribution < -0.4 is 11.0 Å². The van der Waals surface area contributed by atoms with Gasteiger partial charge in [0.05, 0.1) is 6.26 Å². The number of rotatable bonds is 6. The zero-order chi connectivity index (χ0) is 18.5. The molecule has 0 unspecified atom stereocenters. The van der Waals surface area contributed by atoms with Crippen LogP contribution in [0.25, 0.3) is 0 Å². The lowest BCUT2D eigenvalue weighted by molar-refractivity contribution is -0.121. The van der Waals surface area contributed by atoms with Crippen molar-refractivity contribution in [3.63, 3.8) is 0 Å². The van der Waals surface area contributed by atoms with E-state index in [1.165, 1.54) is 0 Å². The zero-order valence-electron chi connectivity index (χ0n) is 14.8. The van der Waals surface area contributed by atoms with Gasteiger partial charge >= 0.3 is 5.69 Å². The average Bonchev–Trinajstić information content (AvgIpc) is 3.14. The normalized spacial score (nSPS) is 11.9. The second-order valence-corrected chi connectivity index (χ2v) is 6.16. The molecule has 6 nitrogen and oxygen atoms in total. The summed E-state index contributed by atoms with van der Waals surface area (Å²) in [5.74, 6) is 0.586. The number of H-pyrrole nitrogens is 1. The molecule has 0 saturated heterocycles. The molecule has 134 valence electrons. The molecule has 0 aliphatic rings. The minimum Gasteiger partial charge on any atom is -0.467 e. The third-order valence-corrected chi connectivity index (χ3v) is 4.32. The topological polar surface area (TPSA) is 88.0 Å². The molecule has 6 heteroatoms. The SMILES string of the molecule is Cc1nc(=O)[nH]c(C)c1CCC(=O)N[C@H](c1ccccc1)c1ccco1. The number of aryl methyl sites for hydroxylation is 2. The molecule has 26 heavy (non-hydrogen) atoms. The van der Waals surface area contributed by atoms with Crippen LogP contribution in [0, 0.1) is 13.8 Å². The zero-order valence-corrected chi connectivity index (χ0v) is 14.8. The number of nitrogens with one attached hydrogen (secondary N) is 2. The van der Waals surface area contributed by atoms with Gasteiger partial charge in [-0.05, 0) is 43.5 Å². The van der Waals surface area contributed by atoms with Gasteiger partial charge in [-0.1, -0.05) is 30.3 Å². The number of aromatic nitrogens is 2. The molecule has 3 aromatic rings. The predicted molar refractivity (Wildman–Crippen MR) is 97.8 cm³/mol. The van der Waals surface area contributed by atoms with E-state index in [9.17, 15) is 9.59 Å². The summed E-state index contributed by atoms with van der Waals surface area (Å²) < 4.78 is 5.50. The monoisotopic (exact) mass is 351 g/mol. The summed E-state index contributed by atoms with van der Waals surface area (Å²) >= 11 is 0. The van der Waals surface area contributed by atoms with Crippen LogP contribution in [-0.4, -0.2) is 15.9 Å². The maximum absolute atomic E-state index is 12.5. The lowest BCUT2D eigenvalue weighted by Gasteiger charge is -2.17. The van der Waals surface area contributed by atoms with Crippen molar-refractivity contribution in [3.8, 4) is 0 Å². The molecular formula is C20H21N3O3. The number of amides is 1. The number of carbonyl (C=O) groups excluding carboxylic acids is 1. The molecule has 2 N–H and O–H groups in total. The lowest BCUT2D eigenvalue weighted by Crippen LogP contribution is -2.29. The number of carbonyl (C=O) groups is 1. The van der Waals surface area contributed by atoms with Crippen molar-refractivity contribution >= 4 is 5.91 Å². The fraction of sp³-hybridized carbons (Fsp3) is 0.250. The van der Waals surface area contributed by atoms with Gasteiger partial charge in [-0.2, -0.15) is 4.98 Å². The van der Waals surface area contributed by atoms with Crippen molar-refractivity contribution in [2.75, 3.05) is 0 Å². The maximum Gasteiger partial charge on any atom is 0.345 e. The highest BCUT2D eigenvalue weighted by Gasteiger charge is 2.19. The molecule has 0 aliphatic carbocycles. The number of hydrogen-bond acceptors (Lipinski definition) is 4. The first-order valence-corrected chi connectivity index (χ1v) is 8.48. The quantitative estimate of drug-likeness (QED) is 0.715. The maximum atomic E-state index is 12.5. The van der Waals surface area contributed by atoms with E-state index in [0.29, 0.717) is 24.3 Å². The minimum atomic E-state index is -0.366. The molecule has 0 aliphatic heterocycles. The Hall–Kier alpha value is -3.15. The first kappa shape index (κ1) is 17.7. The standard InChI is InChI=1S/C20H21N3O3/c1-13-16(14(2)22-20(25)21-13)10-11-18(24)23-19(17-9-6-12-26-17)15-7-4-3-5-8-15/h3-9,12,19H,10-11H2,1-2H3,(H,23,24)(H,21,22,25)/t19-/m1/s1. The van der Waals surface area contributed by atoms with Crippen LogP contribution in [0.1, 0.15) is 40.7 Å². The van der Waals surface area contributed by atoms with E-state index in [1.54, 1.807) is 19.3 Å². The van der Waals surface area contributed by atoms with Gasteiger partial charge < -0.3 is 14.7 Å². The molecule has 1 atom stereocenters. The second kappa shape index (κ2) is 7.82. The fourth-order valence-electron chi connectivity index (χ4n) is 3.01. The van der Waals surface area contributed by atoms with Crippen molar-refractivity contribution in [1.29, 1.82) is 0 Å². The van der Waals surface area contributed by atoms with E-state index in [1.807, 2.05) is 43.3 Å². The van der Waals surface area contributed by atoms with Gasteiger partial charge in [-0.15, -0.1) is 0 Å². The van der Waals surface area contributed by atoms with E-state index in [2.05, 4.69) is 15.3 Å². The highest BCUT2D eigenvalue weighted by atomic mass is 16.3. The average molecular weight is 351 g/mol. The van der Waals surface area contributed by atoms with Gasteiger partial charge in [-0.3, -0.25) is 4.79 Å². The Bertz CT molecular complexity index is 904. The van der Waals surface area contributed by atoms with Crippen molar-refractivity contribution in [3.05, 3.63) is 87.5 Å². The number of furan rings is 1. The molecule has 2 aromatic heterocycles. The van der Waals surface area contributed by atoms with Crippen LogP contribution in [0.15, 0.2) is 57.9 Å². The molecule has 0 radical (unpaired) electrons. The summed E-state index contributed by atoms with van der Waals surface area (Å²) in [4.78, 5) is 30.5. The third-order valence-electron chi connectivity index (χ3n) is 4.32. The Kier molecular flexibility index (Phi) is 5.31. The van der Waals surface area contributed by atoms with Crippen LogP contribution in [0.2, 0.25) is 0 Å². The first-order chi connectivity index (χ1) is 12.5. The summed E-state index contributed by atoms with van der Waals surface area (Å²) in [5, 5.41) is 3.03. The molecule has 1 aromatic carbocycles. The fourth-order valence-corrected chi connectivity index (χ4v) is 3.01. The summed E-state index contributed by atoms with van der Waals surface area (Å²) in [5.41, 5.74) is 2.89. The molecule has 0 fully saturated rings. The molecule has 3 rings (SSSR count). The van der Waals surface area contributed by atoms with Gasteiger partial charge in [0.1, 0.15) is 11.8 Å². The first-order valence-electron chi connectivity index (χ1n) is 8.48.